The monoisotopic (exact) mass is 1090 g/mol. The quantitative estimate of drug-likeness (QED) is 0.0164. The molecular formula is C68H74N2O11. The van der Waals surface area contributed by atoms with Gasteiger partial charge in [0.25, 0.3) is 0 Å². The van der Waals surface area contributed by atoms with E-state index in [0.717, 1.165) is 62.1 Å². The highest BCUT2D eigenvalue weighted by Crippen LogP contribution is 2.26. The molecular weight excluding hydrogens is 1020 g/mol. The Morgan fingerprint density at radius 2 is 0.630 bits per heavy atom. The number of benzene rings is 7. The van der Waals surface area contributed by atoms with E-state index in [4.69, 9.17) is 33.2 Å². The van der Waals surface area contributed by atoms with Crippen LogP contribution < -0.4 is 33.2 Å². The zero-order valence-corrected chi connectivity index (χ0v) is 46.7. The summed E-state index contributed by atoms with van der Waals surface area (Å²) < 4.78 is 39.9. The van der Waals surface area contributed by atoms with E-state index in [2.05, 4.69) is 36.2 Å². The molecule has 7 aromatic rings. The molecule has 0 spiro atoms. The van der Waals surface area contributed by atoms with Crippen LogP contribution in [0.1, 0.15) is 164 Å². The third kappa shape index (κ3) is 21.5. The van der Waals surface area contributed by atoms with E-state index in [-0.39, 0.29) is 34.1 Å². The fraction of sp³-hybridized carbons (Fsp3) is 0.324. The third-order valence-corrected chi connectivity index (χ3v) is 13.2. The smallest absolute Gasteiger partial charge is 0.343 e. The highest BCUT2D eigenvalue weighted by Gasteiger charge is 2.16. The molecule has 0 radical (unpaired) electrons. The molecule has 0 aliphatic heterocycles. The first-order valence-corrected chi connectivity index (χ1v) is 28.6. The second kappa shape index (κ2) is 33.8. The largest absolute Gasteiger partial charge is 0.494 e. The summed E-state index contributed by atoms with van der Waals surface area (Å²) in [4.78, 5) is 51.9. The summed E-state index contributed by atoms with van der Waals surface area (Å²) in [5.74, 6) is 0.504. The number of carbonyl (C=O) groups excluding carboxylic acids is 4. The molecule has 0 aromatic heterocycles. The molecule has 81 heavy (non-hydrogen) atoms. The summed E-state index contributed by atoms with van der Waals surface area (Å²) in [5, 5.41) is 8.71. The Kier molecular flexibility index (Phi) is 25.0. The molecule has 422 valence electrons. The number of aryl methyl sites for hydroxylation is 1. The lowest BCUT2D eigenvalue weighted by Gasteiger charge is -2.09. The SMILES string of the molecule is CCCCCCCCCCCCOc1ccc(C(=O)Oc2ccc(C(=O)Oc3cccc(C(=O)Oc4ccc(OC(=O)c5ccc(OCCCCCCOc6ccc(N=Nc7ccc(CCCC)cc7)cc6)cc5)cc4)c3)cc2)cc1. The predicted octanol–water partition coefficient (Wildman–Crippen LogP) is 17.6. The van der Waals surface area contributed by atoms with Crippen LogP contribution in [0.25, 0.3) is 0 Å². The number of azo groups is 1. The summed E-state index contributed by atoms with van der Waals surface area (Å²) in [6.07, 6.45) is 19.8. The number of ether oxygens (including phenoxy) is 7. The second-order valence-electron chi connectivity index (χ2n) is 19.7. The molecule has 0 amide bonds. The summed E-state index contributed by atoms with van der Waals surface area (Å²) in [6.45, 7) is 6.24. The molecule has 0 fully saturated rings. The average Bonchev–Trinajstić information content (AvgIpc) is 3.49. The summed E-state index contributed by atoms with van der Waals surface area (Å²) in [6, 6.07) is 47.5. The number of esters is 4. The van der Waals surface area contributed by atoms with E-state index < -0.39 is 23.9 Å². The van der Waals surface area contributed by atoms with Crippen molar-refractivity contribution in [2.45, 2.75) is 123 Å². The van der Waals surface area contributed by atoms with E-state index in [0.29, 0.717) is 42.4 Å². The van der Waals surface area contributed by atoms with Gasteiger partial charge in [0, 0.05) is 0 Å². The lowest BCUT2D eigenvalue weighted by atomic mass is 10.1. The van der Waals surface area contributed by atoms with Gasteiger partial charge in [-0.3, -0.25) is 0 Å². The number of unbranched alkanes of at least 4 members (excludes halogenated alkanes) is 13. The van der Waals surface area contributed by atoms with Gasteiger partial charge in [-0.15, -0.1) is 0 Å². The van der Waals surface area contributed by atoms with Crippen molar-refractivity contribution in [1.82, 2.24) is 0 Å². The molecule has 0 saturated carbocycles. The zero-order valence-electron chi connectivity index (χ0n) is 46.7. The van der Waals surface area contributed by atoms with Crippen molar-refractivity contribution >= 4 is 35.3 Å². The van der Waals surface area contributed by atoms with E-state index in [9.17, 15) is 19.2 Å². The molecule has 13 nitrogen and oxygen atoms in total. The Morgan fingerprint density at radius 1 is 0.309 bits per heavy atom. The minimum absolute atomic E-state index is 0.120. The Balaban J connectivity index is 0.739. The molecule has 0 heterocycles. The maximum absolute atomic E-state index is 13.1. The first kappa shape index (κ1) is 60.1. The number of nitrogens with zero attached hydrogens (tertiary/aromatic N) is 2. The maximum Gasteiger partial charge on any atom is 0.343 e. The lowest BCUT2D eigenvalue weighted by molar-refractivity contribution is 0.0713. The van der Waals surface area contributed by atoms with Gasteiger partial charge in [-0.2, -0.15) is 10.2 Å². The van der Waals surface area contributed by atoms with Gasteiger partial charge in [-0.1, -0.05) is 96.3 Å². The second-order valence-corrected chi connectivity index (χ2v) is 19.7. The van der Waals surface area contributed by atoms with Crippen LogP contribution in [0.4, 0.5) is 11.4 Å². The molecule has 7 aromatic carbocycles. The molecule has 0 unspecified atom stereocenters. The van der Waals surface area contributed by atoms with Gasteiger partial charge in [0.15, 0.2) is 0 Å². The van der Waals surface area contributed by atoms with Gasteiger partial charge < -0.3 is 33.2 Å². The predicted molar refractivity (Wildman–Crippen MR) is 315 cm³/mol. The summed E-state index contributed by atoms with van der Waals surface area (Å²) >= 11 is 0. The minimum atomic E-state index is -0.694. The van der Waals surface area contributed by atoms with Gasteiger partial charge in [-0.05, 0) is 202 Å². The first-order chi connectivity index (χ1) is 39.7. The van der Waals surface area contributed by atoms with Crippen molar-refractivity contribution in [2.24, 2.45) is 10.2 Å². The van der Waals surface area contributed by atoms with Crippen LogP contribution in [0, 0.1) is 0 Å². The normalized spacial score (nSPS) is 11.0. The van der Waals surface area contributed by atoms with Crippen molar-refractivity contribution < 1.29 is 52.3 Å². The van der Waals surface area contributed by atoms with Gasteiger partial charge in [0.05, 0.1) is 53.4 Å². The van der Waals surface area contributed by atoms with Crippen LogP contribution in [-0.4, -0.2) is 43.7 Å². The van der Waals surface area contributed by atoms with Crippen molar-refractivity contribution in [3.8, 4) is 40.2 Å². The summed E-state index contributed by atoms with van der Waals surface area (Å²) in [5.41, 5.74) is 3.97. The van der Waals surface area contributed by atoms with Crippen LogP contribution in [-0.2, 0) is 6.42 Å². The van der Waals surface area contributed by atoms with Gasteiger partial charge in [0.1, 0.15) is 40.2 Å². The molecule has 0 bridgehead atoms. The number of rotatable bonds is 34. The number of hydrogen-bond donors (Lipinski definition) is 0. The standard InChI is InChI=1S/C68H74N2O11/c1-3-5-7-8-9-10-11-12-13-16-47-75-58-35-25-52(26-36-58)65(71)78-61-39-29-54(30-40-61)67(73)81-64-22-19-21-55(50-64)68(74)80-63-45-43-62(44-46-63)79-66(72)53-27-37-59(38-28-53)76-48-17-14-15-18-49-77-60-41-33-57(34-42-60)70-69-56-31-23-51(24-32-56)20-6-4-2/h19,21-46,50H,3-18,20,47-49H2,1-2H3. The Hall–Kier alpha value is -8.58. The van der Waals surface area contributed by atoms with Gasteiger partial charge in [-0.25, -0.2) is 19.2 Å². The summed E-state index contributed by atoms with van der Waals surface area (Å²) in [7, 11) is 0. The van der Waals surface area contributed by atoms with E-state index >= 15 is 0 Å². The van der Waals surface area contributed by atoms with Crippen molar-refractivity contribution in [3.63, 3.8) is 0 Å². The average molecular weight is 1100 g/mol. The Morgan fingerprint density at radius 3 is 1.04 bits per heavy atom. The van der Waals surface area contributed by atoms with E-state index in [1.54, 1.807) is 54.6 Å². The number of hydrogen-bond acceptors (Lipinski definition) is 13. The molecule has 7 rings (SSSR count). The van der Waals surface area contributed by atoms with E-state index in [1.165, 1.54) is 137 Å². The van der Waals surface area contributed by atoms with Gasteiger partial charge >= 0.3 is 23.9 Å². The van der Waals surface area contributed by atoms with E-state index in [1.807, 2.05) is 36.4 Å². The molecule has 0 aliphatic carbocycles. The topological polar surface area (TPSA) is 158 Å². The van der Waals surface area contributed by atoms with Crippen molar-refractivity contribution in [2.75, 3.05) is 19.8 Å². The molecule has 0 aliphatic rings. The lowest BCUT2D eigenvalue weighted by Crippen LogP contribution is -2.12. The Bertz CT molecular complexity index is 3030. The highest BCUT2D eigenvalue weighted by atomic mass is 16.6. The molecule has 0 N–H and O–H groups in total. The minimum Gasteiger partial charge on any atom is -0.494 e. The van der Waals surface area contributed by atoms with Gasteiger partial charge in [0.2, 0.25) is 0 Å². The van der Waals surface area contributed by atoms with Crippen LogP contribution in [0.3, 0.4) is 0 Å². The maximum atomic E-state index is 13.1. The fourth-order valence-corrected chi connectivity index (χ4v) is 8.51. The van der Waals surface area contributed by atoms with Crippen LogP contribution >= 0.6 is 0 Å². The highest BCUT2D eigenvalue weighted by molar-refractivity contribution is 5.94. The molecule has 13 heteroatoms. The van der Waals surface area contributed by atoms with Crippen molar-refractivity contribution in [3.05, 3.63) is 198 Å². The zero-order chi connectivity index (χ0) is 56.7. The fourth-order valence-electron chi connectivity index (χ4n) is 8.51. The first-order valence-electron chi connectivity index (χ1n) is 28.6. The Labute approximate surface area is 476 Å². The third-order valence-electron chi connectivity index (χ3n) is 13.2. The molecule has 0 atom stereocenters. The van der Waals surface area contributed by atoms with Crippen LogP contribution in [0.2, 0.25) is 0 Å². The number of carbonyl (C=O) groups is 4. The molecule has 0 saturated heterocycles. The van der Waals surface area contributed by atoms with Crippen LogP contribution in [0.5, 0.6) is 40.2 Å². The van der Waals surface area contributed by atoms with Crippen molar-refractivity contribution in [1.29, 1.82) is 0 Å². The van der Waals surface area contributed by atoms with Crippen LogP contribution in [0.15, 0.2) is 180 Å².